The Morgan fingerprint density at radius 2 is 1.96 bits per heavy atom. The molecule has 0 bridgehead atoms. The maximum Gasteiger partial charge on any atom is 0.317 e. The average molecular weight is 327 g/mol. The lowest BCUT2D eigenvalue weighted by Gasteiger charge is -2.21. The van der Waals surface area contributed by atoms with E-state index in [4.69, 9.17) is 4.74 Å². The molecule has 2 aromatic rings. The van der Waals surface area contributed by atoms with Crippen molar-refractivity contribution >= 4 is 6.03 Å². The van der Waals surface area contributed by atoms with Crippen molar-refractivity contribution in [1.82, 2.24) is 15.2 Å². The highest BCUT2D eigenvalue weighted by atomic mass is 16.5. The number of rotatable bonds is 7. The molecule has 0 spiro atoms. The van der Waals surface area contributed by atoms with Gasteiger partial charge in [0, 0.05) is 26.0 Å². The largest absolute Gasteiger partial charge is 0.493 e. The van der Waals surface area contributed by atoms with Gasteiger partial charge >= 0.3 is 6.03 Å². The minimum Gasteiger partial charge on any atom is -0.493 e. The molecule has 1 heterocycles. The highest BCUT2D eigenvalue weighted by Gasteiger charge is 2.13. The SMILES string of the molecule is Cc1ccccc1OCCCN(C)C(=O)NC(C)c1ccncc1. The van der Waals surface area contributed by atoms with Gasteiger partial charge in [0.1, 0.15) is 5.75 Å². The van der Waals surface area contributed by atoms with Gasteiger partial charge in [-0.05, 0) is 49.6 Å². The monoisotopic (exact) mass is 327 g/mol. The van der Waals surface area contributed by atoms with E-state index in [1.54, 1.807) is 24.3 Å². The van der Waals surface area contributed by atoms with Gasteiger partial charge in [0.15, 0.2) is 0 Å². The van der Waals surface area contributed by atoms with E-state index in [0.717, 1.165) is 23.3 Å². The molecule has 1 aromatic heterocycles. The molecule has 0 aliphatic carbocycles. The molecule has 1 unspecified atom stereocenters. The molecule has 128 valence electrons. The van der Waals surface area contributed by atoms with Crippen LogP contribution < -0.4 is 10.1 Å². The van der Waals surface area contributed by atoms with Gasteiger partial charge in [0.05, 0.1) is 12.6 Å². The van der Waals surface area contributed by atoms with Crippen molar-refractivity contribution in [3.05, 3.63) is 59.9 Å². The zero-order chi connectivity index (χ0) is 17.4. The van der Waals surface area contributed by atoms with Crippen LogP contribution in [0.25, 0.3) is 0 Å². The van der Waals surface area contributed by atoms with Gasteiger partial charge in [-0.25, -0.2) is 4.79 Å². The summed E-state index contributed by atoms with van der Waals surface area (Å²) in [4.78, 5) is 17.9. The van der Waals surface area contributed by atoms with Crippen molar-refractivity contribution in [2.24, 2.45) is 0 Å². The van der Waals surface area contributed by atoms with Crippen molar-refractivity contribution < 1.29 is 9.53 Å². The Bertz CT molecular complexity index is 646. The first kappa shape index (κ1) is 17.8. The lowest BCUT2D eigenvalue weighted by atomic mass is 10.1. The van der Waals surface area contributed by atoms with Crippen LogP contribution in [-0.4, -0.2) is 36.1 Å². The Kier molecular flexibility index (Phi) is 6.61. The molecular formula is C19H25N3O2. The van der Waals surface area contributed by atoms with Crippen molar-refractivity contribution in [3.63, 3.8) is 0 Å². The lowest BCUT2D eigenvalue weighted by molar-refractivity contribution is 0.200. The molecule has 0 fully saturated rings. The Morgan fingerprint density at radius 3 is 2.67 bits per heavy atom. The summed E-state index contributed by atoms with van der Waals surface area (Å²) in [6, 6.07) is 11.6. The highest BCUT2D eigenvalue weighted by Crippen LogP contribution is 2.16. The highest BCUT2D eigenvalue weighted by molar-refractivity contribution is 5.74. The Morgan fingerprint density at radius 1 is 1.25 bits per heavy atom. The number of pyridine rings is 1. The molecule has 2 rings (SSSR count). The number of urea groups is 1. The third kappa shape index (κ3) is 5.26. The average Bonchev–Trinajstić information content (AvgIpc) is 2.60. The number of hydrogen-bond donors (Lipinski definition) is 1. The van der Waals surface area contributed by atoms with Gasteiger partial charge in [-0.1, -0.05) is 18.2 Å². The number of para-hydroxylation sites is 1. The zero-order valence-corrected chi connectivity index (χ0v) is 14.5. The predicted molar refractivity (Wildman–Crippen MR) is 95.1 cm³/mol. The maximum atomic E-state index is 12.2. The van der Waals surface area contributed by atoms with Gasteiger partial charge in [-0.3, -0.25) is 4.98 Å². The van der Waals surface area contributed by atoms with Crippen molar-refractivity contribution in [3.8, 4) is 5.75 Å². The van der Waals surface area contributed by atoms with E-state index >= 15 is 0 Å². The molecule has 24 heavy (non-hydrogen) atoms. The summed E-state index contributed by atoms with van der Waals surface area (Å²) in [6.07, 6.45) is 4.23. The van der Waals surface area contributed by atoms with Crippen LogP contribution in [0, 0.1) is 6.92 Å². The number of benzene rings is 1. The number of nitrogens with zero attached hydrogens (tertiary/aromatic N) is 2. The van der Waals surface area contributed by atoms with E-state index in [1.807, 2.05) is 50.2 Å². The summed E-state index contributed by atoms with van der Waals surface area (Å²) < 4.78 is 5.75. The first-order valence-corrected chi connectivity index (χ1v) is 8.18. The Hall–Kier alpha value is -2.56. The number of carbonyl (C=O) groups excluding carboxylic acids is 1. The predicted octanol–water partition coefficient (Wildman–Crippen LogP) is 3.56. The fraction of sp³-hybridized carbons (Fsp3) is 0.368. The molecule has 1 N–H and O–H groups in total. The van der Waals surface area contributed by atoms with Crippen LogP contribution in [0.5, 0.6) is 5.75 Å². The van der Waals surface area contributed by atoms with Crippen LogP contribution >= 0.6 is 0 Å². The summed E-state index contributed by atoms with van der Waals surface area (Å²) in [7, 11) is 1.79. The number of ether oxygens (including phenoxy) is 1. The quantitative estimate of drug-likeness (QED) is 0.791. The molecule has 5 nitrogen and oxygen atoms in total. The van der Waals surface area contributed by atoms with Crippen molar-refractivity contribution in [2.75, 3.05) is 20.2 Å². The molecule has 0 aliphatic heterocycles. The number of amides is 2. The summed E-state index contributed by atoms with van der Waals surface area (Å²) >= 11 is 0. The van der Waals surface area contributed by atoms with Gasteiger partial charge in [0.25, 0.3) is 0 Å². The van der Waals surface area contributed by atoms with E-state index in [1.165, 1.54) is 0 Å². The normalized spacial score (nSPS) is 11.6. The minimum atomic E-state index is -0.0878. The minimum absolute atomic E-state index is 0.0498. The third-order valence-corrected chi connectivity index (χ3v) is 3.88. The zero-order valence-electron chi connectivity index (χ0n) is 14.5. The standard InChI is InChI=1S/C19H25N3O2/c1-15-7-4-5-8-18(15)24-14-6-13-22(3)19(23)21-16(2)17-9-11-20-12-10-17/h4-5,7-12,16H,6,13-14H2,1-3H3,(H,21,23). The molecule has 1 atom stereocenters. The Balaban J connectivity index is 1.71. The molecule has 2 amide bonds. The second-order valence-electron chi connectivity index (χ2n) is 5.84. The van der Waals surface area contributed by atoms with Gasteiger partial charge in [-0.15, -0.1) is 0 Å². The Labute approximate surface area is 143 Å². The number of nitrogens with one attached hydrogen (secondary N) is 1. The molecule has 0 aliphatic rings. The number of carbonyl (C=O) groups is 1. The van der Waals surface area contributed by atoms with Crippen LogP contribution in [0.3, 0.4) is 0 Å². The van der Waals surface area contributed by atoms with Crippen LogP contribution in [0.2, 0.25) is 0 Å². The van der Waals surface area contributed by atoms with Crippen LogP contribution in [-0.2, 0) is 0 Å². The smallest absolute Gasteiger partial charge is 0.317 e. The van der Waals surface area contributed by atoms with Crippen LogP contribution in [0.1, 0.15) is 30.5 Å². The second-order valence-corrected chi connectivity index (χ2v) is 5.84. The van der Waals surface area contributed by atoms with Crippen molar-refractivity contribution in [1.29, 1.82) is 0 Å². The van der Waals surface area contributed by atoms with E-state index < -0.39 is 0 Å². The molecule has 5 heteroatoms. The van der Waals surface area contributed by atoms with E-state index in [9.17, 15) is 4.79 Å². The van der Waals surface area contributed by atoms with E-state index in [-0.39, 0.29) is 12.1 Å². The van der Waals surface area contributed by atoms with E-state index in [2.05, 4.69) is 10.3 Å². The molecular weight excluding hydrogens is 302 g/mol. The lowest BCUT2D eigenvalue weighted by Crippen LogP contribution is -2.39. The maximum absolute atomic E-state index is 12.2. The first-order valence-electron chi connectivity index (χ1n) is 8.18. The van der Waals surface area contributed by atoms with Crippen LogP contribution in [0.15, 0.2) is 48.8 Å². The first-order chi connectivity index (χ1) is 11.6. The molecule has 0 radical (unpaired) electrons. The summed E-state index contributed by atoms with van der Waals surface area (Å²) in [5.41, 5.74) is 2.16. The molecule has 0 saturated carbocycles. The third-order valence-electron chi connectivity index (χ3n) is 3.88. The molecule has 1 aromatic carbocycles. The van der Waals surface area contributed by atoms with Crippen molar-refractivity contribution in [2.45, 2.75) is 26.3 Å². The summed E-state index contributed by atoms with van der Waals surface area (Å²) in [5, 5.41) is 2.98. The molecule has 0 saturated heterocycles. The summed E-state index contributed by atoms with van der Waals surface area (Å²) in [6.45, 7) is 5.21. The second kappa shape index (κ2) is 8.91. The topological polar surface area (TPSA) is 54.5 Å². The van der Waals surface area contributed by atoms with Crippen LogP contribution in [0.4, 0.5) is 4.79 Å². The fourth-order valence-corrected chi connectivity index (χ4v) is 2.33. The summed E-state index contributed by atoms with van der Waals surface area (Å²) in [5.74, 6) is 0.899. The van der Waals surface area contributed by atoms with Gasteiger partial charge < -0.3 is 15.0 Å². The number of aromatic nitrogens is 1. The fourth-order valence-electron chi connectivity index (χ4n) is 2.33. The van der Waals surface area contributed by atoms with Gasteiger partial charge in [0.2, 0.25) is 0 Å². The number of aryl methyl sites for hydroxylation is 1. The number of hydrogen-bond acceptors (Lipinski definition) is 3. The van der Waals surface area contributed by atoms with E-state index in [0.29, 0.717) is 13.2 Å². The van der Waals surface area contributed by atoms with Gasteiger partial charge in [-0.2, -0.15) is 0 Å².